The molecule has 4 aromatic rings. The lowest BCUT2D eigenvalue weighted by Crippen LogP contribution is -2.12. The van der Waals surface area contributed by atoms with Gasteiger partial charge >= 0.3 is 0 Å². The van der Waals surface area contributed by atoms with E-state index in [2.05, 4.69) is 115 Å². The minimum atomic E-state index is 0.167. The van der Waals surface area contributed by atoms with Crippen molar-refractivity contribution in [1.29, 1.82) is 0 Å². The molecule has 0 aliphatic heterocycles. The van der Waals surface area contributed by atoms with E-state index >= 15 is 0 Å². The Morgan fingerprint density at radius 2 is 1.13 bits per heavy atom. The average molecular weight is 393 g/mol. The Morgan fingerprint density at radius 1 is 0.633 bits per heavy atom. The van der Waals surface area contributed by atoms with Crippen LogP contribution < -0.4 is 11.1 Å². The summed E-state index contributed by atoms with van der Waals surface area (Å²) in [6.45, 7) is 3.07. The van der Waals surface area contributed by atoms with Gasteiger partial charge in [0.25, 0.3) is 0 Å². The summed E-state index contributed by atoms with van der Waals surface area (Å²) in [6, 6.07) is 38.2. The number of nitrogens with two attached hydrogens (primary N) is 1. The van der Waals surface area contributed by atoms with Gasteiger partial charge < -0.3 is 11.1 Å². The summed E-state index contributed by atoms with van der Waals surface area (Å²) in [5, 5.41) is 3.58. The molecule has 1 atom stereocenters. The highest BCUT2D eigenvalue weighted by Gasteiger charge is 2.17. The fourth-order valence-electron chi connectivity index (χ4n) is 3.94. The Hall–Kier alpha value is -3.52. The van der Waals surface area contributed by atoms with Crippen LogP contribution in [-0.2, 0) is 0 Å². The molecule has 4 aromatic carbocycles. The molecule has 4 rings (SSSR count). The number of hydrogen-bond acceptors (Lipinski definition) is 2. The molecule has 0 saturated carbocycles. The average Bonchev–Trinajstić information content (AvgIpc) is 2.81. The van der Waals surface area contributed by atoms with Gasteiger partial charge in [0.1, 0.15) is 0 Å². The number of benzene rings is 4. The Labute approximate surface area is 179 Å². The topological polar surface area (TPSA) is 38.0 Å². The van der Waals surface area contributed by atoms with Gasteiger partial charge in [0, 0.05) is 12.5 Å². The second-order valence-corrected chi connectivity index (χ2v) is 7.79. The monoisotopic (exact) mass is 392 g/mol. The van der Waals surface area contributed by atoms with Gasteiger partial charge in [-0.15, -0.1) is 0 Å². The molecule has 0 radical (unpaired) electrons. The van der Waals surface area contributed by atoms with E-state index < -0.39 is 0 Å². The molecule has 2 nitrogen and oxygen atoms in total. The maximum Gasteiger partial charge on any atom is 0.0577 e. The van der Waals surface area contributed by atoms with Crippen molar-refractivity contribution in [3.8, 4) is 0 Å². The molecule has 0 saturated heterocycles. The van der Waals surface area contributed by atoms with Crippen LogP contribution in [0.3, 0.4) is 0 Å². The first-order chi connectivity index (χ1) is 14.7. The van der Waals surface area contributed by atoms with Gasteiger partial charge in [-0.2, -0.15) is 0 Å². The van der Waals surface area contributed by atoms with E-state index in [9.17, 15) is 0 Å². The number of nitrogen functional groups attached to an aromatic ring is 1. The third-order valence-corrected chi connectivity index (χ3v) is 5.64. The number of rotatable bonds is 7. The summed E-state index contributed by atoms with van der Waals surface area (Å²) < 4.78 is 0. The van der Waals surface area contributed by atoms with Crippen molar-refractivity contribution in [1.82, 2.24) is 0 Å². The summed E-state index contributed by atoms with van der Waals surface area (Å²) in [4.78, 5) is 0. The zero-order valence-corrected chi connectivity index (χ0v) is 17.3. The SMILES string of the molecule is C[C@H](CNc1cc(C(c2ccccc2)c2ccccc2)ccc1N)c1ccccc1. The maximum absolute atomic E-state index is 6.33. The molecule has 150 valence electrons. The van der Waals surface area contributed by atoms with E-state index in [4.69, 9.17) is 5.73 Å². The van der Waals surface area contributed by atoms with Gasteiger partial charge in [-0.05, 0) is 40.3 Å². The van der Waals surface area contributed by atoms with Crippen molar-refractivity contribution in [2.45, 2.75) is 18.8 Å². The predicted molar refractivity (Wildman–Crippen MR) is 128 cm³/mol. The van der Waals surface area contributed by atoms with Gasteiger partial charge in [0.15, 0.2) is 0 Å². The maximum atomic E-state index is 6.33. The zero-order chi connectivity index (χ0) is 20.8. The minimum Gasteiger partial charge on any atom is -0.397 e. The summed E-state index contributed by atoms with van der Waals surface area (Å²) >= 11 is 0. The molecule has 0 aliphatic rings. The van der Waals surface area contributed by atoms with Crippen LogP contribution in [0.25, 0.3) is 0 Å². The quantitative estimate of drug-likeness (QED) is 0.272. The van der Waals surface area contributed by atoms with Gasteiger partial charge in [-0.1, -0.05) is 104 Å². The van der Waals surface area contributed by atoms with E-state index in [1.807, 2.05) is 6.07 Å². The van der Waals surface area contributed by atoms with Crippen molar-refractivity contribution < 1.29 is 0 Å². The number of nitrogens with one attached hydrogen (secondary N) is 1. The summed E-state index contributed by atoms with van der Waals surface area (Å²) in [7, 11) is 0. The van der Waals surface area contributed by atoms with Crippen LogP contribution in [0, 0.1) is 0 Å². The number of hydrogen-bond donors (Lipinski definition) is 2. The molecular weight excluding hydrogens is 364 g/mol. The van der Waals surface area contributed by atoms with Gasteiger partial charge in [-0.25, -0.2) is 0 Å². The van der Waals surface area contributed by atoms with Gasteiger partial charge in [0.05, 0.1) is 11.4 Å². The first-order valence-corrected chi connectivity index (χ1v) is 10.5. The van der Waals surface area contributed by atoms with E-state index in [1.165, 1.54) is 22.3 Å². The lowest BCUT2D eigenvalue weighted by atomic mass is 9.85. The van der Waals surface area contributed by atoms with Crippen LogP contribution in [0.2, 0.25) is 0 Å². The number of anilines is 2. The van der Waals surface area contributed by atoms with Crippen molar-refractivity contribution in [3.63, 3.8) is 0 Å². The Bertz CT molecular complexity index is 1020. The standard InChI is InChI=1S/C28H28N2/c1-21(22-11-5-2-6-12-22)20-30-27-19-25(17-18-26(27)29)28(23-13-7-3-8-14-23)24-15-9-4-10-16-24/h2-19,21,28,30H,20,29H2,1H3/t21-/m1/s1. The summed E-state index contributed by atoms with van der Waals surface area (Å²) in [6.07, 6.45) is 0. The smallest absolute Gasteiger partial charge is 0.0577 e. The van der Waals surface area contributed by atoms with Crippen LogP contribution in [0.4, 0.5) is 11.4 Å². The minimum absolute atomic E-state index is 0.167. The second kappa shape index (κ2) is 9.32. The lowest BCUT2D eigenvalue weighted by molar-refractivity contribution is 0.805. The van der Waals surface area contributed by atoms with Crippen LogP contribution in [0.5, 0.6) is 0 Å². The third kappa shape index (κ3) is 4.55. The highest BCUT2D eigenvalue weighted by Crippen LogP contribution is 2.34. The van der Waals surface area contributed by atoms with Crippen LogP contribution in [-0.4, -0.2) is 6.54 Å². The van der Waals surface area contributed by atoms with E-state index in [0.29, 0.717) is 5.92 Å². The highest BCUT2D eigenvalue weighted by atomic mass is 14.9. The summed E-state index contributed by atoms with van der Waals surface area (Å²) in [5.41, 5.74) is 13.2. The van der Waals surface area contributed by atoms with E-state index in [0.717, 1.165) is 17.9 Å². The fourth-order valence-corrected chi connectivity index (χ4v) is 3.94. The molecular formula is C28H28N2. The molecule has 30 heavy (non-hydrogen) atoms. The van der Waals surface area contributed by atoms with E-state index in [1.54, 1.807) is 0 Å². The molecule has 0 unspecified atom stereocenters. The molecule has 3 N–H and O–H groups in total. The Kier molecular flexibility index (Phi) is 6.14. The summed E-state index contributed by atoms with van der Waals surface area (Å²) in [5.74, 6) is 0.563. The van der Waals surface area contributed by atoms with Gasteiger partial charge in [-0.3, -0.25) is 0 Å². The van der Waals surface area contributed by atoms with Crippen LogP contribution in [0.1, 0.15) is 41.0 Å². The molecule has 2 heteroatoms. The van der Waals surface area contributed by atoms with Crippen molar-refractivity contribution in [2.24, 2.45) is 0 Å². The van der Waals surface area contributed by atoms with Crippen LogP contribution in [0.15, 0.2) is 109 Å². The third-order valence-electron chi connectivity index (χ3n) is 5.64. The molecule has 0 heterocycles. The van der Waals surface area contributed by atoms with Crippen molar-refractivity contribution in [2.75, 3.05) is 17.6 Å². The second-order valence-electron chi connectivity index (χ2n) is 7.79. The molecule has 0 aromatic heterocycles. The molecule has 0 bridgehead atoms. The normalized spacial score (nSPS) is 11.9. The first-order valence-electron chi connectivity index (χ1n) is 10.5. The molecule has 0 fully saturated rings. The van der Waals surface area contributed by atoms with Crippen molar-refractivity contribution >= 4 is 11.4 Å². The van der Waals surface area contributed by atoms with Crippen LogP contribution >= 0.6 is 0 Å². The lowest BCUT2D eigenvalue weighted by Gasteiger charge is -2.21. The van der Waals surface area contributed by atoms with Gasteiger partial charge in [0.2, 0.25) is 0 Å². The highest BCUT2D eigenvalue weighted by molar-refractivity contribution is 5.68. The Balaban J connectivity index is 1.63. The first kappa shape index (κ1) is 19.8. The van der Waals surface area contributed by atoms with E-state index in [-0.39, 0.29) is 5.92 Å². The molecule has 0 spiro atoms. The van der Waals surface area contributed by atoms with Crippen molar-refractivity contribution in [3.05, 3.63) is 131 Å². The Morgan fingerprint density at radius 3 is 1.67 bits per heavy atom. The predicted octanol–water partition coefficient (Wildman–Crippen LogP) is 6.66. The largest absolute Gasteiger partial charge is 0.397 e. The molecule has 0 amide bonds. The fraction of sp³-hybridized carbons (Fsp3) is 0.143. The zero-order valence-electron chi connectivity index (χ0n) is 17.3. The molecule has 0 aliphatic carbocycles.